The Hall–Kier alpha value is -4.17. The molecule has 0 aliphatic carbocycles. The second-order valence-corrected chi connectivity index (χ2v) is 10.4. The van der Waals surface area contributed by atoms with E-state index >= 15 is 0 Å². The summed E-state index contributed by atoms with van der Waals surface area (Å²) in [7, 11) is 0. The highest BCUT2D eigenvalue weighted by molar-refractivity contribution is 5.92. The summed E-state index contributed by atoms with van der Waals surface area (Å²) in [5, 5.41) is 7.32. The molecule has 242 valence electrons. The average molecular weight is 642 g/mol. The summed E-state index contributed by atoms with van der Waals surface area (Å²) in [5.41, 5.74) is 0.654. The van der Waals surface area contributed by atoms with Crippen molar-refractivity contribution in [3.05, 3.63) is 101 Å². The predicted molar refractivity (Wildman–Crippen MR) is 150 cm³/mol. The van der Waals surface area contributed by atoms with E-state index < -0.39 is 60.0 Å². The molecule has 1 fully saturated rings. The van der Waals surface area contributed by atoms with Crippen LogP contribution in [0.5, 0.6) is 0 Å². The number of halogens is 7. The smallest absolute Gasteiger partial charge is 0.407 e. The number of hydrogen-bond acceptors (Lipinski definition) is 5. The van der Waals surface area contributed by atoms with Crippen LogP contribution >= 0.6 is 0 Å². The monoisotopic (exact) mass is 641 g/mol. The van der Waals surface area contributed by atoms with E-state index in [1.54, 1.807) is 5.32 Å². The summed E-state index contributed by atoms with van der Waals surface area (Å²) in [5.74, 6) is -4.94. The number of amides is 2. The summed E-state index contributed by atoms with van der Waals surface area (Å²) < 4.78 is 104. The SMILES string of the molecule is O=C(C[C@@H](c1ccc(F)cc1)c1cccc(F)c1F)Nc1cccc(F)c1CC[C@@H]1CN[C@H](COC(=O)NCC(F)(F)F)CO1. The molecule has 3 atom stereocenters. The first-order valence-corrected chi connectivity index (χ1v) is 14.0. The van der Waals surface area contributed by atoms with Crippen molar-refractivity contribution in [3.63, 3.8) is 0 Å². The maximum absolute atomic E-state index is 14.9. The number of alkyl halides is 3. The van der Waals surface area contributed by atoms with Crippen molar-refractivity contribution in [1.29, 1.82) is 0 Å². The molecule has 1 saturated heterocycles. The zero-order valence-electron chi connectivity index (χ0n) is 23.7. The predicted octanol–water partition coefficient (Wildman–Crippen LogP) is 5.98. The summed E-state index contributed by atoms with van der Waals surface area (Å²) in [4.78, 5) is 24.6. The minimum Gasteiger partial charge on any atom is -0.448 e. The first-order valence-electron chi connectivity index (χ1n) is 14.0. The quantitative estimate of drug-likeness (QED) is 0.224. The molecule has 14 heteroatoms. The minimum atomic E-state index is -4.56. The van der Waals surface area contributed by atoms with E-state index in [1.807, 2.05) is 0 Å². The van der Waals surface area contributed by atoms with Crippen LogP contribution in [-0.2, 0) is 20.7 Å². The van der Waals surface area contributed by atoms with Crippen molar-refractivity contribution in [2.45, 2.75) is 43.5 Å². The highest BCUT2D eigenvalue weighted by Crippen LogP contribution is 2.32. The molecule has 2 amide bonds. The van der Waals surface area contributed by atoms with Crippen LogP contribution in [0, 0.1) is 23.3 Å². The van der Waals surface area contributed by atoms with Crippen LogP contribution in [0.4, 0.5) is 41.2 Å². The number of nitrogens with one attached hydrogen (secondary N) is 3. The maximum Gasteiger partial charge on any atom is 0.407 e. The highest BCUT2D eigenvalue weighted by Gasteiger charge is 2.29. The molecule has 3 N–H and O–H groups in total. The molecule has 1 aliphatic heterocycles. The average Bonchev–Trinajstić information content (AvgIpc) is 3.00. The van der Waals surface area contributed by atoms with Crippen molar-refractivity contribution in [2.24, 2.45) is 0 Å². The van der Waals surface area contributed by atoms with Crippen molar-refractivity contribution in [3.8, 4) is 0 Å². The Morgan fingerprint density at radius 2 is 1.69 bits per heavy atom. The van der Waals surface area contributed by atoms with Crippen LogP contribution in [0.15, 0.2) is 60.7 Å². The molecule has 1 aliphatic rings. The molecule has 7 nitrogen and oxygen atoms in total. The number of carbonyl (C=O) groups excluding carboxylic acids is 2. The molecule has 0 bridgehead atoms. The number of benzene rings is 3. The topological polar surface area (TPSA) is 88.7 Å². The van der Waals surface area contributed by atoms with Crippen LogP contribution in [0.2, 0.25) is 0 Å². The molecule has 3 aromatic carbocycles. The lowest BCUT2D eigenvalue weighted by atomic mass is 9.87. The van der Waals surface area contributed by atoms with Gasteiger partial charge in [0.15, 0.2) is 11.6 Å². The Bertz CT molecular complexity index is 1460. The third kappa shape index (κ3) is 9.91. The Morgan fingerprint density at radius 1 is 0.978 bits per heavy atom. The number of ether oxygens (including phenoxy) is 2. The minimum absolute atomic E-state index is 0.0828. The zero-order chi connectivity index (χ0) is 32.6. The second-order valence-electron chi connectivity index (χ2n) is 10.4. The summed E-state index contributed by atoms with van der Waals surface area (Å²) in [6, 6.07) is 12.3. The molecule has 0 spiro atoms. The van der Waals surface area contributed by atoms with Gasteiger partial charge < -0.3 is 25.4 Å². The maximum atomic E-state index is 14.9. The van der Waals surface area contributed by atoms with Crippen molar-refractivity contribution >= 4 is 17.7 Å². The summed E-state index contributed by atoms with van der Waals surface area (Å²) >= 11 is 0. The van der Waals surface area contributed by atoms with Gasteiger partial charge in [-0.05, 0) is 54.3 Å². The van der Waals surface area contributed by atoms with Gasteiger partial charge in [-0.25, -0.2) is 22.4 Å². The number of rotatable bonds is 11. The van der Waals surface area contributed by atoms with Crippen molar-refractivity contribution in [1.82, 2.24) is 10.6 Å². The molecule has 0 radical (unpaired) electrons. The van der Waals surface area contributed by atoms with E-state index in [0.717, 1.165) is 18.2 Å². The molecule has 45 heavy (non-hydrogen) atoms. The summed E-state index contributed by atoms with van der Waals surface area (Å²) in [6.07, 6.45) is -6.04. The molecule has 0 saturated carbocycles. The van der Waals surface area contributed by atoms with Gasteiger partial charge in [0.2, 0.25) is 5.91 Å². The van der Waals surface area contributed by atoms with E-state index in [2.05, 4.69) is 10.6 Å². The molecule has 4 rings (SSSR count). The normalized spacial score (nSPS) is 17.4. The Kier molecular flexibility index (Phi) is 11.4. The molecule has 3 aromatic rings. The molecule has 0 unspecified atom stereocenters. The highest BCUT2D eigenvalue weighted by atomic mass is 19.4. The van der Waals surface area contributed by atoms with Crippen LogP contribution in [0.3, 0.4) is 0 Å². The van der Waals surface area contributed by atoms with Gasteiger partial charge in [0, 0.05) is 30.1 Å². The number of anilines is 1. The number of alkyl carbamates (subject to hydrolysis) is 1. The van der Waals surface area contributed by atoms with Gasteiger partial charge in [0.05, 0.1) is 18.8 Å². The van der Waals surface area contributed by atoms with E-state index in [4.69, 9.17) is 9.47 Å². The third-order valence-corrected chi connectivity index (χ3v) is 7.14. The fourth-order valence-corrected chi connectivity index (χ4v) is 4.87. The zero-order valence-corrected chi connectivity index (χ0v) is 23.7. The van der Waals surface area contributed by atoms with Crippen LogP contribution in [0.25, 0.3) is 0 Å². The molecule has 0 aromatic heterocycles. The van der Waals surface area contributed by atoms with Gasteiger partial charge in [-0.15, -0.1) is 0 Å². The van der Waals surface area contributed by atoms with Crippen molar-refractivity contribution < 1.29 is 49.8 Å². The summed E-state index contributed by atoms with van der Waals surface area (Å²) in [6.45, 7) is -1.37. The Balaban J connectivity index is 1.34. The van der Waals surface area contributed by atoms with Gasteiger partial charge in [-0.3, -0.25) is 4.79 Å². The molecular weight excluding hydrogens is 611 g/mol. The lowest BCUT2D eigenvalue weighted by Gasteiger charge is -2.30. The fourth-order valence-electron chi connectivity index (χ4n) is 4.87. The number of hydrogen-bond donors (Lipinski definition) is 3. The van der Waals surface area contributed by atoms with Crippen LogP contribution < -0.4 is 16.0 Å². The standard InChI is InChI=1S/C31H30F7N3O4/c32-19-9-7-18(8-10-19)24(22-3-1-5-26(34)29(22)35)13-28(42)41-27-6-2-4-25(33)23(27)12-11-21-14-39-20(15-44-21)16-45-30(43)40-17-31(36,37)38/h1-10,20-21,24,39H,11-17H2,(H,40,43)(H,41,42)/t20-,21+,24-/m0/s1. The van der Waals surface area contributed by atoms with Gasteiger partial charge in [-0.2, -0.15) is 13.2 Å². The lowest BCUT2D eigenvalue weighted by molar-refractivity contribution is -0.124. The second kappa shape index (κ2) is 15.2. The van der Waals surface area contributed by atoms with Gasteiger partial charge in [0.25, 0.3) is 0 Å². The van der Waals surface area contributed by atoms with Gasteiger partial charge >= 0.3 is 12.3 Å². The lowest BCUT2D eigenvalue weighted by Crippen LogP contribution is -2.49. The van der Waals surface area contributed by atoms with E-state index in [-0.39, 0.29) is 55.5 Å². The first kappa shape index (κ1) is 33.7. The van der Waals surface area contributed by atoms with Crippen LogP contribution in [-0.4, -0.2) is 56.6 Å². The third-order valence-electron chi connectivity index (χ3n) is 7.14. The van der Waals surface area contributed by atoms with Crippen LogP contribution in [0.1, 0.15) is 35.4 Å². The van der Waals surface area contributed by atoms with E-state index in [0.29, 0.717) is 12.0 Å². The van der Waals surface area contributed by atoms with Gasteiger partial charge in [0.1, 0.15) is 24.8 Å². The van der Waals surface area contributed by atoms with E-state index in [9.17, 15) is 40.3 Å². The van der Waals surface area contributed by atoms with Gasteiger partial charge in [-0.1, -0.05) is 30.3 Å². The molecular formula is C31H30F7N3O4. The Labute approximate surface area is 254 Å². The van der Waals surface area contributed by atoms with E-state index in [1.165, 1.54) is 42.5 Å². The molecule has 1 heterocycles. The fraction of sp³-hybridized carbons (Fsp3) is 0.355. The largest absolute Gasteiger partial charge is 0.448 e. The van der Waals surface area contributed by atoms with Crippen molar-refractivity contribution in [2.75, 3.05) is 31.6 Å². The first-order chi connectivity index (χ1) is 21.4. The Morgan fingerprint density at radius 3 is 2.38 bits per heavy atom. The number of morpholine rings is 1. The number of carbonyl (C=O) groups is 2.